The fourth-order valence-electron chi connectivity index (χ4n) is 4.71. The van der Waals surface area contributed by atoms with Gasteiger partial charge >= 0.3 is 12.0 Å². The zero-order chi connectivity index (χ0) is 23.5. The summed E-state index contributed by atoms with van der Waals surface area (Å²) in [5.41, 5.74) is 1.41. The molecule has 2 fully saturated rings. The van der Waals surface area contributed by atoms with Crippen molar-refractivity contribution in [1.82, 2.24) is 10.2 Å². The zero-order valence-electron chi connectivity index (χ0n) is 17.9. The lowest BCUT2D eigenvalue weighted by molar-refractivity contribution is -0.136. The molecule has 2 unspecified atom stereocenters. The molecule has 0 saturated carbocycles. The van der Waals surface area contributed by atoms with Crippen molar-refractivity contribution in [3.63, 3.8) is 0 Å². The average molecular weight is 495 g/mol. The average Bonchev–Trinajstić information content (AvgIpc) is 3.03. The van der Waals surface area contributed by atoms with E-state index < -0.39 is 11.8 Å². The number of rotatable bonds is 7. The van der Waals surface area contributed by atoms with E-state index in [2.05, 4.69) is 5.32 Å². The van der Waals surface area contributed by atoms with Crippen molar-refractivity contribution in [3.05, 3.63) is 63.4 Å². The molecule has 2 aromatic rings. The van der Waals surface area contributed by atoms with Crippen LogP contribution in [0.15, 0.2) is 36.4 Å². The van der Waals surface area contributed by atoms with Crippen molar-refractivity contribution in [2.45, 2.75) is 63.3 Å². The summed E-state index contributed by atoms with van der Waals surface area (Å²) < 4.78 is 20.4. The number of carbonyl (C=O) groups is 2. The predicted molar refractivity (Wildman–Crippen MR) is 123 cm³/mol. The number of carboxylic acid groups (broad SMARTS) is 1. The lowest BCUT2D eigenvalue weighted by Gasteiger charge is -2.38. The van der Waals surface area contributed by atoms with Crippen LogP contribution in [-0.2, 0) is 17.8 Å². The van der Waals surface area contributed by atoms with E-state index in [1.165, 1.54) is 6.07 Å². The van der Waals surface area contributed by atoms with E-state index in [9.17, 15) is 14.0 Å². The Morgan fingerprint density at radius 2 is 1.85 bits per heavy atom. The fraction of sp³-hybridized carbons (Fsp3) is 0.417. The first-order valence-electron chi connectivity index (χ1n) is 11.0. The molecule has 0 aromatic heterocycles. The summed E-state index contributed by atoms with van der Waals surface area (Å²) in [6.07, 6.45) is 3.07. The van der Waals surface area contributed by atoms with Gasteiger partial charge in [-0.15, -0.1) is 0 Å². The second kappa shape index (κ2) is 10.2. The number of piperidine rings is 1. The van der Waals surface area contributed by atoms with Gasteiger partial charge in [0.2, 0.25) is 0 Å². The second-order valence-corrected chi connectivity index (χ2v) is 9.40. The maximum Gasteiger partial charge on any atom is 0.318 e. The van der Waals surface area contributed by atoms with Gasteiger partial charge in [0, 0.05) is 47.9 Å². The highest BCUT2D eigenvalue weighted by molar-refractivity contribution is 6.35. The minimum absolute atomic E-state index is 0.0346. The Bertz CT molecular complexity index is 1040. The lowest BCUT2D eigenvalue weighted by Crippen LogP contribution is -2.52. The molecule has 2 aliphatic rings. The standard InChI is InChI=1S/C24H25Cl2FN2O4/c25-16-4-3-15(20(26)10-16)13-28-24(32)29-17-5-6-18(29)12-19(11-17)33-22-7-1-14(9-21(22)27)2-8-23(30)31/h1,3-4,7,9-10,17-19H,2,5-6,8,11-13H2,(H,28,32)(H,30,31). The number of amides is 2. The summed E-state index contributed by atoms with van der Waals surface area (Å²) in [6, 6.07) is 9.69. The summed E-state index contributed by atoms with van der Waals surface area (Å²) in [6.45, 7) is 0.310. The van der Waals surface area contributed by atoms with E-state index in [0.717, 1.165) is 18.4 Å². The maximum atomic E-state index is 14.5. The van der Waals surface area contributed by atoms with Gasteiger partial charge in [0.25, 0.3) is 0 Å². The summed E-state index contributed by atoms with van der Waals surface area (Å²) in [7, 11) is 0. The maximum absolute atomic E-state index is 14.5. The molecular formula is C24H25Cl2FN2O4. The van der Waals surface area contributed by atoms with E-state index >= 15 is 0 Å². The van der Waals surface area contributed by atoms with Gasteiger partial charge < -0.3 is 20.1 Å². The SMILES string of the molecule is O=C(O)CCc1ccc(OC2CC3CCC(C2)N3C(=O)NCc2ccc(Cl)cc2Cl)c(F)c1. The van der Waals surface area contributed by atoms with Crippen LogP contribution < -0.4 is 10.1 Å². The van der Waals surface area contributed by atoms with Gasteiger partial charge in [0.15, 0.2) is 11.6 Å². The molecule has 2 amide bonds. The summed E-state index contributed by atoms with van der Waals surface area (Å²) in [5.74, 6) is -1.25. The summed E-state index contributed by atoms with van der Waals surface area (Å²) in [5, 5.41) is 12.8. The van der Waals surface area contributed by atoms with E-state index in [1.54, 1.807) is 30.3 Å². The number of nitrogens with one attached hydrogen (secondary N) is 1. The number of carboxylic acids is 1. The zero-order valence-corrected chi connectivity index (χ0v) is 19.4. The number of aryl methyl sites for hydroxylation is 1. The van der Waals surface area contributed by atoms with Crippen molar-refractivity contribution < 1.29 is 23.8 Å². The Morgan fingerprint density at radius 3 is 2.48 bits per heavy atom. The van der Waals surface area contributed by atoms with Crippen LogP contribution in [0.5, 0.6) is 5.75 Å². The summed E-state index contributed by atoms with van der Waals surface area (Å²) in [4.78, 5) is 25.5. The highest BCUT2D eigenvalue weighted by atomic mass is 35.5. The third-order valence-electron chi connectivity index (χ3n) is 6.29. The van der Waals surface area contributed by atoms with Gasteiger partial charge in [0.05, 0.1) is 0 Å². The third kappa shape index (κ3) is 5.71. The quantitative estimate of drug-likeness (QED) is 0.537. The van der Waals surface area contributed by atoms with Crippen LogP contribution >= 0.6 is 23.2 Å². The fourth-order valence-corrected chi connectivity index (χ4v) is 5.18. The number of nitrogens with zero attached hydrogens (tertiary/aromatic N) is 1. The molecule has 4 rings (SSSR count). The number of fused-ring (bicyclic) bond motifs is 2. The molecule has 2 aromatic carbocycles. The largest absolute Gasteiger partial charge is 0.487 e. The van der Waals surface area contributed by atoms with Gasteiger partial charge in [-0.3, -0.25) is 4.79 Å². The van der Waals surface area contributed by atoms with Gasteiger partial charge in [-0.2, -0.15) is 0 Å². The first kappa shape index (κ1) is 23.6. The molecule has 2 aliphatic heterocycles. The van der Waals surface area contributed by atoms with Crippen LogP contribution in [0.1, 0.15) is 43.2 Å². The first-order valence-corrected chi connectivity index (χ1v) is 11.7. The molecule has 9 heteroatoms. The number of hydrogen-bond donors (Lipinski definition) is 2. The monoisotopic (exact) mass is 494 g/mol. The molecular weight excluding hydrogens is 470 g/mol. The number of urea groups is 1. The molecule has 0 radical (unpaired) electrons. The molecule has 6 nitrogen and oxygen atoms in total. The molecule has 0 aliphatic carbocycles. The number of aliphatic carboxylic acids is 1. The Morgan fingerprint density at radius 1 is 1.12 bits per heavy atom. The van der Waals surface area contributed by atoms with Crippen LogP contribution in [-0.4, -0.2) is 40.2 Å². The Kier molecular flexibility index (Phi) is 7.29. The molecule has 176 valence electrons. The Hall–Kier alpha value is -2.51. The van der Waals surface area contributed by atoms with Gasteiger partial charge in [-0.05, 0) is 54.7 Å². The van der Waals surface area contributed by atoms with Crippen molar-refractivity contribution in [2.75, 3.05) is 0 Å². The van der Waals surface area contributed by atoms with Crippen LogP contribution in [0.3, 0.4) is 0 Å². The van der Waals surface area contributed by atoms with Crippen LogP contribution in [0, 0.1) is 5.82 Å². The van der Waals surface area contributed by atoms with E-state index in [0.29, 0.717) is 35.0 Å². The Balaban J connectivity index is 1.33. The minimum atomic E-state index is -0.918. The highest BCUT2D eigenvalue weighted by Gasteiger charge is 2.44. The normalized spacial score (nSPS) is 21.7. The van der Waals surface area contributed by atoms with Gasteiger partial charge in [-0.1, -0.05) is 35.3 Å². The van der Waals surface area contributed by atoms with E-state index in [4.69, 9.17) is 33.0 Å². The van der Waals surface area contributed by atoms with Crippen molar-refractivity contribution in [3.8, 4) is 5.75 Å². The highest BCUT2D eigenvalue weighted by Crippen LogP contribution is 2.38. The second-order valence-electron chi connectivity index (χ2n) is 8.56. The Labute approximate surface area is 201 Å². The topological polar surface area (TPSA) is 78.9 Å². The molecule has 0 spiro atoms. The van der Waals surface area contributed by atoms with Gasteiger partial charge in [0.1, 0.15) is 6.10 Å². The van der Waals surface area contributed by atoms with E-state index in [1.807, 2.05) is 4.90 Å². The number of hydrogen-bond acceptors (Lipinski definition) is 3. The van der Waals surface area contributed by atoms with Crippen molar-refractivity contribution >= 4 is 35.2 Å². The van der Waals surface area contributed by atoms with E-state index in [-0.39, 0.29) is 42.8 Å². The number of ether oxygens (including phenoxy) is 1. The number of benzene rings is 2. The predicted octanol–water partition coefficient (Wildman–Crippen LogP) is 5.43. The molecule has 2 atom stereocenters. The van der Waals surface area contributed by atoms with Crippen LogP contribution in [0.25, 0.3) is 0 Å². The number of carbonyl (C=O) groups excluding carboxylic acids is 1. The van der Waals surface area contributed by atoms with Crippen LogP contribution in [0.4, 0.5) is 9.18 Å². The third-order valence-corrected chi connectivity index (χ3v) is 6.87. The van der Waals surface area contributed by atoms with Crippen molar-refractivity contribution in [2.24, 2.45) is 0 Å². The van der Waals surface area contributed by atoms with Crippen LogP contribution in [0.2, 0.25) is 10.0 Å². The molecule has 2 N–H and O–H groups in total. The molecule has 2 bridgehead atoms. The molecule has 2 heterocycles. The minimum Gasteiger partial charge on any atom is -0.487 e. The first-order chi connectivity index (χ1) is 15.8. The summed E-state index contributed by atoms with van der Waals surface area (Å²) >= 11 is 12.1. The van der Waals surface area contributed by atoms with Crippen molar-refractivity contribution in [1.29, 1.82) is 0 Å². The van der Waals surface area contributed by atoms with Gasteiger partial charge in [-0.25, -0.2) is 9.18 Å². The molecule has 2 saturated heterocycles. The number of halogens is 3. The smallest absolute Gasteiger partial charge is 0.318 e. The lowest BCUT2D eigenvalue weighted by atomic mass is 10.00. The molecule has 33 heavy (non-hydrogen) atoms.